The molecule has 0 aliphatic carbocycles. The van der Waals surface area contributed by atoms with E-state index < -0.39 is 0 Å². The lowest BCUT2D eigenvalue weighted by Gasteiger charge is -2.25. The van der Waals surface area contributed by atoms with Crippen LogP contribution in [-0.4, -0.2) is 59.1 Å². The van der Waals surface area contributed by atoms with Gasteiger partial charge in [-0.3, -0.25) is 9.59 Å². The zero-order valence-corrected chi connectivity index (χ0v) is 14.9. The summed E-state index contributed by atoms with van der Waals surface area (Å²) in [5, 5.41) is 3.97. The number of hydrogen-bond donors (Lipinski definition) is 0. The summed E-state index contributed by atoms with van der Waals surface area (Å²) in [4.78, 5) is 28.9. The molecule has 3 saturated heterocycles. The predicted molar refractivity (Wildman–Crippen MR) is 88.6 cm³/mol. The third-order valence-corrected chi connectivity index (χ3v) is 5.89. The highest BCUT2D eigenvalue weighted by molar-refractivity contribution is 5.83. The van der Waals surface area contributed by atoms with Gasteiger partial charge in [0.2, 0.25) is 5.91 Å². The Morgan fingerprint density at radius 3 is 2.88 bits per heavy atom. The molecule has 0 N–H and O–H groups in total. The van der Waals surface area contributed by atoms with Gasteiger partial charge in [-0.15, -0.1) is 0 Å². The van der Waals surface area contributed by atoms with Crippen molar-refractivity contribution < 1.29 is 18.8 Å². The smallest absolute Gasteiger partial charge is 0.251 e. The van der Waals surface area contributed by atoms with Crippen molar-refractivity contribution in [3.63, 3.8) is 0 Å². The van der Waals surface area contributed by atoms with Crippen molar-refractivity contribution in [1.29, 1.82) is 0 Å². The molecule has 3 fully saturated rings. The van der Waals surface area contributed by atoms with E-state index in [1.54, 1.807) is 0 Å². The molecule has 0 aromatic carbocycles. The van der Waals surface area contributed by atoms with Crippen LogP contribution in [0.4, 0.5) is 0 Å². The minimum absolute atomic E-state index is 0.103. The molecule has 3 aliphatic rings. The lowest BCUT2D eigenvalue weighted by Crippen LogP contribution is -2.39. The number of amides is 2. The molecule has 136 valence electrons. The number of nitrogens with zero attached hydrogens (tertiary/aromatic N) is 3. The van der Waals surface area contributed by atoms with Crippen LogP contribution in [0.15, 0.2) is 4.52 Å². The normalized spacial score (nSPS) is 29.4. The lowest BCUT2D eigenvalue weighted by atomic mass is 9.86. The molecule has 0 saturated carbocycles. The zero-order chi connectivity index (χ0) is 17.6. The van der Waals surface area contributed by atoms with Crippen LogP contribution < -0.4 is 0 Å². The maximum absolute atomic E-state index is 12.6. The molecular formula is C18H25N3O4. The van der Waals surface area contributed by atoms with Gasteiger partial charge in [-0.1, -0.05) is 5.16 Å². The van der Waals surface area contributed by atoms with E-state index in [0.717, 1.165) is 42.8 Å². The quantitative estimate of drug-likeness (QED) is 0.827. The first-order chi connectivity index (χ1) is 12.0. The molecule has 7 heteroatoms. The first kappa shape index (κ1) is 16.6. The molecule has 1 aromatic rings. The average Bonchev–Trinajstić information content (AvgIpc) is 3.34. The van der Waals surface area contributed by atoms with E-state index in [-0.39, 0.29) is 23.3 Å². The van der Waals surface area contributed by atoms with Crippen molar-refractivity contribution in [1.82, 2.24) is 15.0 Å². The molecule has 0 unspecified atom stereocenters. The largest absolute Gasteiger partial charge is 0.368 e. The van der Waals surface area contributed by atoms with Gasteiger partial charge in [-0.25, -0.2) is 0 Å². The van der Waals surface area contributed by atoms with E-state index in [1.807, 2.05) is 23.6 Å². The van der Waals surface area contributed by atoms with Crippen molar-refractivity contribution in [2.24, 2.45) is 5.41 Å². The third-order valence-electron chi connectivity index (χ3n) is 5.89. The fourth-order valence-corrected chi connectivity index (χ4v) is 4.42. The maximum atomic E-state index is 12.6. The number of carbonyl (C=O) groups excluding carboxylic acids is 2. The maximum Gasteiger partial charge on any atom is 0.251 e. The number of aromatic nitrogens is 1. The number of aryl methyl sites for hydroxylation is 2. The molecular weight excluding hydrogens is 322 g/mol. The number of hydrogen-bond acceptors (Lipinski definition) is 5. The summed E-state index contributed by atoms with van der Waals surface area (Å²) in [6, 6.07) is 0. The van der Waals surface area contributed by atoms with Gasteiger partial charge >= 0.3 is 0 Å². The molecule has 0 bridgehead atoms. The topological polar surface area (TPSA) is 75.9 Å². The Balaban J connectivity index is 1.42. The number of likely N-dealkylation sites (tertiary alicyclic amines) is 2. The summed E-state index contributed by atoms with van der Waals surface area (Å²) in [5.74, 6) is 1.03. The fraction of sp³-hybridized carbons (Fsp3) is 0.722. The van der Waals surface area contributed by atoms with Gasteiger partial charge in [0.15, 0.2) is 0 Å². The molecule has 4 heterocycles. The van der Waals surface area contributed by atoms with Crippen LogP contribution in [0.25, 0.3) is 0 Å². The van der Waals surface area contributed by atoms with Gasteiger partial charge in [0.25, 0.3) is 5.91 Å². The minimum Gasteiger partial charge on any atom is -0.368 e. The first-order valence-electron chi connectivity index (χ1n) is 9.07. The number of rotatable bonds is 3. The molecule has 7 nitrogen and oxygen atoms in total. The fourth-order valence-electron chi connectivity index (χ4n) is 4.42. The van der Waals surface area contributed by atoms with Crippen LogP contribution in [0, 0.1) is 19.3 Å². The molecule has 0 radical (unpaired) electrons. The van der Waals surface area contributed by atoms with Gasteiger partial charge in [-0.05, 0) is 33.1 Å². The summed E-state index contributed by atoms with van der Waals surface area (Å²) in [6.07, 6.45) is 2.91. The van der Waals surface area contributed by atoms with Crippen molar-refractivity contribution in [2.75, 3.05) is 26.2 Å². The summed E-state index contributed by atoms with van der Waals surface area (Å²) in [5.41, 5.74) is 1.73. The lowest BCUT2D eigenvalue weighted by molar-refractivity contribution is -0.140. The van der Waals surface area contributed by atoms with Crippen LogP contribution in [0.5, 0.6) is 0 Å². The van der Waals surface area contributed by atoms with Crippen LogP contribution >= 0.6 is 0 Å². The Labute approximate surface area is 147 Å². The van der Waals surface area contributed by atoms with Gasteiger partial charge in [-0.2, -0.15) is 0 Å². The third kappa shape index (κ3) is 2.94. The monoisotopic (exact) mass is 347 g/mol. The Kier molecular flexibility index (Phi) is 4.06. The van der Waals surface area contributed by atoms with Crippen molar-refractivity contribution in [2.45, 2.75) is 52.2 Å². The molecule has 1 spiro atoms. The Bertz CT molecular complexity index is 675. The summed E-state index contributed by atoms with van der Waals surface area (Å²) >= 11 is 0. The second-order valence-electron chi connectivity index (χ2n) is 7.74. The predicted octanol–water partition coefficient (Wildman–Crippen LogP) is 1.42. The number of carbonyl (C=O) groups is 2. The minimum atomic E-state index is -0.273. The van der Waals surface area contributed by atoms with Gasteiger partial charge < -0.3 is 19.1 Å². The van der Waals surface area contributed by atoms with E-state index in [2.05, 4.69) is 5.16 Å². The van der Waals surface area contributed by atoms with Crippen LogP contribution in [0.2, 0.25) is 0 Å². The standard InChI is InChI=1S/C18H25N3O4/c1-12-14(13(2)25-19-12)9-21-11-18(8-16(21)22)5-6-20(10-18)17(23)15-4-3-7-24-15/h15H,3-11H2,1-2H3/t15-,18+/m1/s1. The van der Waals surface area contributed by atoms with E-state index in [4.69, 9.17) is 9.26 Å². The zero-order valence-electron chi connectivity index (χ0n) is 14.9. The van der Waals surface area contributed by atoms with Gasteiger partial charge in [0.05, 0.1) is 12.2 Å². The molecule has 3 aliphatic heterocycles. The van der Waals surface area contributed by atoms with Crippen LogP contribution in [0.1, 0.15) is 42.7 Å². The highest BCUT2D eigenvalue weighted by Crippen LogP contribution is 2.41. The van der Waals surface area contributed by atoms with Crippen molar-refractivity contribution in [3.05, 3.63) is 17.0 Å². The second-order valence-corrected chi connectivity index (χ2v) is 7.74. The Morgan fingerprint density at radius 2 is 2.20 bits per heavy atom. The number of ether oxygens (including phenoxy) is 1. The van der Waals surface area contributed by atoms with Gasteiger partial charge in [0, 0.05) is 43.6 Å². The molecule has 1 aromatic heterocycles. The van der Waals surface area contributed by atoms with E-state index in [0.29, 0.717) is 32.7 Å². The highest BCUT2D eigenvalue weighted by Gasteiger charge is 2.49. The van der Waals surface area contributed by atoms with Crippen molar-refractivity contribution >= 4 is 11.8 Å². The SMILES string of the molecule is Cc1noc(C)c1CN1C[C@@]2(CCN(C(=O)[C@H]3CCCO3)C2)CC1=O. The van der Waals surface area contributed by atoms with Gasteiger partial charge in [0.1, 0.15) is 11.9 Å². The van der Waals surface area contributed by atoms with E-state index in [1.165, 1.54) is 0 Å². The molecule has 2 atom stereocenters. The summed E-state index contributed by atoms with van der Waals surface area (Å²) in [7, 11) is 0. The summed E-state index contributed by atoms with van der Waals surface area (Å²) in [6.45, 7) is 7.09. The highest BCUT2D eigenvalue weighted by atomic mass is 16.5. The first-order valence-corrected chi connectivity index (χ1v) is 9.07. The second kappa shape index (κ2) is 6.12. The molecule has 4 rings (SSSR count). The van der Waals surface area contributed by atoms with Crippen LogP contribution in [-0.2, 0) is 20.9 Å². The summed E-state index contributed by atoms with van der Waals surface area (Å²) < 4.78 is 10.7. The Morgan fingerprint density at radius 1 is 1.36 bits per heavy atom. The van der Waals surface area contributed by atoms with Crippen LogP contribution in [0.3, 0.4) is 0 Å². The van der Waals surface area contributed by atoms with E-state index in [9.17, 15) is 9.59 Å². The van der Waals surface area contributed by atoms with E-state index >= 15 is 0 Å². The molecule has 25 heavy (non-hydrogen) atoms. The molecule has 2 amide bonds. The average molecular weight is 347 g/mol. The van der Waals surface area contributed by atoms with Crippen molar-refractivity contribution in [3.8, 4) is 0 Å². The Hall–Kier alpha value is -1.89.